The fourth-order valence-electron chi connectivity index (χ4n) is 3.40. The number of thiazole rings is 1. The summed E-state index contributed by atoms with van der Waals surface area (Å²) in [6.07, 6.45) is 3.56. The third kappa shape index (κ3) is 8.26. The van der Waals surface area contributed by atoms with Crippen molar-refractivity contribution in [2.45, 2.75) is 26.9 Å². The number of benzene rings is 2. The summed E-state index contributed by atoms with van der Waals surface area (Å²) in [5.74, 6) is 0.239. The quantitative estimate of drug-likeness (QED) is 0.293. The summed E-state index contributed by atoms with van der Waals surface area (Å²) in [5, 5.41) is 5.75. The maximum Gasteiger partial charge on any atom is 0.310 e. The predicted molar refractivity (Wildman–Crippen MR) is 136 cm³/mol. The van der Waals surface area contributed by atoms with E-state index in [4.69, 9.17) is 14.2 Å². The molecule has 7 nitrogen and oxygen atoms in total. The average molecular weight is 495 g/mol. The minimum atomic E-state index is -0.507. The Hall–Kier alpha value is -3.65. The molecule has 0 fully saturated rings. The predicted octanol–water partition coefficient (Wildman–Crippen LogP) is 4.59. The van der Waals surface area contributed by atoms with Crippen molar-refractivity contribution >= 4 is 29.3 Å². The number of rotatable bonds is 12. The first-order valence-electron chi connectivity index (χ1n) is 11.4. The molecule has 0 saturated heterocycles. The van der Waals surface area contributed by atoms with Crippen molar-refractivity contribution in [3.63, 3.8) is 0 Å². The zero-order valence-corrected chi connectivity index (χ0v) is 21.0. The number of amides is 1. The van der Waals surface area contributed by atoms with Gasteiger partial charge in [-0.05, 0) is 50.1 Å². The van der Waals surface area contributed by atoms with Crippen LogP contribution in [0.2, 0.25) is 0 Å². The fourth-order valence-corrected chi connectivity index (χ4v) is 4.00. The molecule has 1 atom stereocenters. The number of aromatic nitrogens is 1. The van der Waals surface area contributed by atoms with Gasteiger partial charge in [-0.2, -0.15) is 0 Å². The van der Waals surface area contributed by atoms with Crippen molar-refractivity contribution < 1.29 is 23.8 Å². The lowest BCUT2D eigenvalue weighted by Crippen LogP contribution is -2.33. The van der Waals surface area contributed by atoms with Crippen LogP contribution < -0.4 is 14.8 Å². The highest BCUT2D eigenvalue weighted by Gasteiger charge is 2.20. The normalized spacial score (nSPS) is 11.7. The van der Waals surface area contributed by atoms with Gasteiger partial charge in [0.1, 0.15) is 18.1 Å². The summed E-state index contributed by atoms with van der Waals surface area (Å²) in [4.78, 5) is 29.2. The van der Waals surface area contributed by atoms with Gasteiger partial charge in [-0.25, -0.2) is 4.98 Å². The molecule has 0 aliphatic carbocycles. The van der Waals surface area contributed by atoms with Crippen molar-refractivity contribution in [1.82, 2.24) is 10.3 Å². The molecule has 0 spiro atoms. The van der Waals surface area contributed by atoms with Crippen LogP contribution in [0.5, 0.6) is 11.5 Å². The number of carbonyl (C=O) groups is 2. The maximum absolute atomic E-state index is 12.5. The molecule has 1 unspecified atom stereocenters. The molecule has 0 bridgehead atoms. The molecule has 0 aliphatic heterocycles. The van der Waals surface area contributed by atoms with E-state index in [0.29, 0.717) is 25.4 Å². The highest BCUT2D eigenvalue weighted by atomic mass is 32.1. The Morgan fingerprint density at radius 3 is 2.57 bits per heavy atom. The number of hydrogen-bond acceptors (Lipinski definition) is 7. The Bertz CT molecular complexity index is 1140. The van der Waals surface area contributed by atoms with Crippen molar-refractivity contribution in [2.75, 3.05) is 20.3 Å². The first-order chi connectivity index (χ1) is 17.0. The van der Waals surface area contributed by atoms with Crippen LogP contribution in [0.4, 0.5) is 0 Å². The van der Waals surface area contributed by atoms with Crippen LogP contribution in [-0.2, 0) is 27.4 Å². The second kappa shape index (κ2) is 13.3. The summed E-state index contributed by atoms with van der Waals surface area (Å²) in [5.41, 5.74) is 2.59. The Morgan fingerprint density at radius 2 is 1.89 bits per heavy atom. The second-order valence-corrected chi connectivity index (χ2v) is 8.83. The van der Waals surface area contributed by atoms with Crippen LogP contribution in [-0.4, -0.2) is 37.1 Å². The van der Waals surface area contributed by atoms with Gasteiger partial charge in [-0.3, -0.25) is 9.59 Å². The minimum absolute atomic E-state index is 0.157. The Balaban J connectivity index is 1.57. The van der Waals surface area contributed by atoms with E-state index in [1.54, 1.807) is 17.4 Å². The van der Waals surface area contributed by atoms with Crippen LogP contribution >= 0.6 is 11.3 Å². The zero-order valence-electron chi connectivity index (χ0n) is 20.2. The number of aryl methyl sites for hydroxylation is 1. The molecule has 3 aromatic rings. The van der Waals surface area contributed by atoms with Gasteiger partial charge in [0.15, 0.2) is 0 Å². The van der Waals surface area contributed by atoms with Crippen molar-refractivity contribution in [1.29, 1.82) is 0 Å². The van der Waals surface area contributed by atoms with Gasteiger partial charge < -0.3 is 19.5 Å². The Kier molecular flexibility index (Phi) is 9.86. The lowest BCUT2D eigenvalue weighted by Gasteiger charge is -2.15. The van der Waals surface area contributed by atoms with Crippen LogP contribution in [0.3, 0.4) is 0 Å². The van der Waals surface area contributed by atoms with E-state index in [0.717, 1.165) is 27.6 Å². The monoisotopic (exact) mass is 494 g/mol. The third-order valence-corrected chi connectivity index (χ3v) is 5.97. The van der Waals surface area contributed by atoms with Crippen LogP contribution in [0.15, 0.2) is 60.0 Å². The lowest BCUT2D eigenvalue weighted by molar-refractivity contribution is -0.145. The molecular formula is C27H30N2O5S. The number of ether oxygens (including phenoxy) is 3. The number of methoxy groups -OCH3 is 1. The van der Waals surface area contributed by atoms with E-state index < -0.39 is 5.92 Å². The van der Waals surface area contributed by atoms with Gasteiger partial charge in [0, 0.05) is 23.6 Å². The zero-order chi connectivity index (χ0) is 25.0. The van der Waals surface area contributed by atoms with E-state index in [1.807, 2.05) is 67.8 Å². The summed E-state index contributed by atoms with van der Waals surface area (Å²) in [7, 11) is 1.35. The smallest absolute Gasteiger partial charge is 0.310 e. The third-order valence-electron chi connectivity index (χ3n) is 5.15. The fraction of sp³-hybridized carbons (Fsp3) is 0.296. The highest BCUT2D eigenvalue weighted by Crippen LogP contribution is 2.21. The largest absolute Gasteiger partial charge is 0.494 e. The van der Waals surface area contributed by atoms with Gasteiger partial charge in [0.25, 0.3) is 0 Å². The van der Waals surface area contributed by atoms with Crippen molar-refractivity contribution in [3.05, 3.63) is 81.8 Å². The molecule has 35 heavy (non-hydrogen) atoms. The summed E-state index contributed by atoms with van der Waals surface area (Å²) in [6, 6.07) is 15.0. The number of esters is 1. The Morgan fingerprint density at radius 1 is 1.11 bits per heavy atom. The van der Waals surface area contributed by atoms with Gasteiger partial charge in [0.05, 0.1) is 30.3 Å². The Labute approximate surface area is 209 Å². The maximum atomic E-state index is 12.5. The molecule has 0 radical (unpaired) electrons. The van der Waals surface area contributed by atoms with Crippen molar-refractivity contribution in [2.24, 2.45) is 5.92 Å². The van der Waals surface area contributed by atoms with E-state index in [9.17, 15) is 9.59 Å². The lowest BCUT2D eigenvalue weighted by atomic mass is 9.99. The van der Waals surface area contributed by atoms with Crippen LogP contribution in [0, 0.1) is 12.8 Å². The van der Waals surface area contributed by atoms with Crippen LogP contribution in [0.1, 0.15) is 28.8 Å². The van der Waals surface area contributed by atoms with Gasteiger partial charge >= 0.3 is 5.97 Å². The molecule has 0 aliphatic rings. The van der Waals surface area contributed by atoms with E-state index in [-0.39, 0.29) is 18.4 Å². The molecule has 1 aromatic heterocycles. The van der Waals surface area contributed by atoms with E-state index in [1.165, 1.54) is 13.2 Å². The molecule has 2 aromatic carbocycles. The van der Waals surface area contributed by atoms with Crippen LogP contribution in [0.25, 0.3) is 6.08 Å². The molecule has 3 rings (SSSR count). The topological polar surface area (TPSA) is 86.8 Å². The van der Waals surface area contributed by atoms with Gasteiger partial charge in [-0.15, -0.1) is 11.3 Å². The SMILES string of the molecule is CCOc1ccc(CC(CNC(=O)/C=C/c2ccccc2OCc2csc(C)n2)C(=O)OC)cc1. The summed E-state index contributed by atoms with van der Waals surface area (Å²) in [6.45, 7) is 4.98. The van der Waals surface area contributed by atoms with E-state index in [2.05, 4.69) is 10.3 Å². The van der Waals surface area contributed by atoms with Gasteiger partial charge in [0.2, 0.25) is 5.91 Å². The summed E-state index contributed by atoms with van der Waals surface area (Å²) < 4.78 is 16.3. The number of hydrogen-bond donors (Lipinski definition) is 1. The van der Waals surface area contributed by atoms with E-state index >= 15 is 0 Å². The standard InChI is InChI=1S/C27H30N2O5S/c1-4-33-24-12-9-20(10-13-24)15-22(27(31)32-3)16-28-26(30)14-11-21-7-5-6-8-25(21)34-17-23-18-35-19(2)29-23/h5-14,18,22H,4,15-17H2,1-3H3,(H,28,30)/b14-11+. The molecule has 1 amide bonds. The molecule has 0 saturated carbocycles. The average Bonchev–Trinajstić information content (AvgIpc) is 3.30. The highest BCUT2D eigenvalue weighted by molar-refractivity contribution is 7.09. The van der Waals surface area contributed by atoms with Gasteiger partial charge in [-0.1, -0.05) is 30.3 Å². The number of nitrogens with zero attached hydrogens (tertiary/aromatic N) is 1. The van der Waals surface area contributed by atoms with Crippen molar-refractivity contribution in [3.8, 4) is 11.5 Å². The first kappa shape index (κ1) is 26.0. The molecular weight excluding hydrogens is 464 g/mol. The number of nitrogens with one attached hydrogen (secondary N) is 1. The summed E-state index contributed by atoms with van der Waals surface area (Å²) >= 11 is 1.58. The second-order valence-electron chi connectivity index (χ2n) is 7.76. The first-order valence-corrected chi connectivity index (χ1v) is 12.2. The molecule has 8 heteroatoms. The number of para-hydroxylation sites is 1. The minimum Gasteiger partial charge on any atom is -0.494 e. The molecule has 1 N–H and O–H groups in total. The molecule has 184 valence electrons. The number of carbonyl (C=O) groups excluding carboxylic acids is 2. The molecule has 1 heterocycles.